The van der Waals surface area contributed by atoms with Gasteiger partial charge in [0.05, 0.1) is 12.8 Å². The minimum atomic E-state index is 0.412. The molecule has 1 aliphatic carbocycles. The van der Waals surface area contributed by atoms with Crippen molar-refractivity contribution in [3.05, 3.63) is 23.0 Å². The van der Waals surface area contributed by atoms with Crippen LogP contribution in [0, 0.1) is 0 Å². The van der Waals surface area contributed by atoms with Gasteiger partial charge in [0.15, 0.2) is 0 Å². The van der Waals surface area contributed by atoms with Gasteiger partial charge < -0.3 is 10.1 Å². The van der Waals surface area contributed by atoms with Gasteiger partial charge in [-0.2, -0.15) is 0 Å². The molecule has 0 unspecified atom stereocenters. The van der Waals surface area contributed by atoms with Gasteiger partial charge in [0.2, 0.25) is 5.88 Å². The molecule has 112 valence electrons. The van der Waals surface area contributed by atoms with E-state index in [1.165, 1.54) is 29.7 Å². The lowest BCUT2D eigenvalue weighted by Crippen LogP contribution is -2.15. The van der Waals surface area contributed by atoms with Crippen molar-refractivity contribution in [3.63, 3.8) is 0 Å². The maximum absolute atomic E-state index is 5.16. The van der Waals surface area contributed by atoms with Gasteiger partial charge in [-0.3, -0.25) is 0 Å². The summed E-state index contributed by atoms with van der Waals surface area (Å²) in [4.78, 5) is 14.5. The Labute approximate surface area is 128 Å². The molecule has 0 aromatic carbocycles. The third-order valence-electron chi connectivity index (χ3n) is 3.47. The standard InChI is InChI=1S/C15H20N4OS/c1-9(2)14-12(7-16-10-4-5-10)21-15(19-14)11-6-13(20-3)18-8-17-11/h6,8-10,16H,4-5,7H2,1-3H3. The highest BCUT2D eigenvalue weighted by Gasteiger charge is 2.22. The molecular formula is C15H20N4OS. The molecule has 1 N–H and O–H groups in total. The molecule has 0 amide bonds. The largest absolute Gasteiger partial charge is 0.481 e. The minimum absolute atomic E-state index is 0.412. The van der Waals surface area contributed by atoms with E-state index in [9.17, 15) is 0 Å². The van der Waals surface area contributed by atoms with Crippen molar-refractivity contribution >= 4 is 11.3 Å². The van der Waals surface area contributed by atoms with Crippen molar-refractivity contribution in [2.75, 3.05) is 7.11 Å². The smallest absolute Gasteiger partial charge is 0.216 e. The van der Waals surface area contributed by atoms with Gasteiger partial charge in [-0.25, -0.2) is 15.0 Å². The molecule has 2 heterocycles. The molecule has 0 spiro atoms. The van der Waals surface area contributed by atoms with E-state index in [0.29, 0.717) is 17.8 Å². The topological polar surface area (TPSA) is 59.9 Å². The van der Waals surface area contributed by atoms with E-state index < -0.39 is 0 Å². The van der Waals surface area contributed by atoms with E-state index in [2.05, 4.69) is 29.1 Å². The second kappa shape index (κ2) is 6.07. The highest BCUT2D eigenvalue weighted by Crippen LogP contribution is 2.32. The first-order valence-electron chi connectivity index (χ1n) is 7.26. The summed E-state index contributed by atoms with van der Waals surface area (Å²) < 4.78 is 5.16. The van der Waals surface area contributed by atoms with Crippen LogP contribution >= 0.6 is 11.3 Å². The molecule has 0 radical (unpaired) electrons. The van der Waals surface area contributed by atoms with Crippen LogP contribution in [0.2, 0.25) is 0 Å². The fourth-order valence-corrected chi connectivity index (χ4v) is 3.28. The van der Waals surface area contributed by atoms with Crippen molar-refractivity contribution in [2.45, 2.75) is 45.2 Å². The Bertz CT molecular complexity index is 622. The Hall–Kier alpha value is -1.53. The molecule has 0 atom stereocenters. The van der Waals surface area contributed by atoms with Crippen molar-refractivity contribution in [1.29, 1.82) is 0 Å². The summed E-state index contributed by atoms with van der Waals surface area (Å²) in [6.45, 7) is 5.26. The van der Waals surface area contributed by atoms with Crippen LogP contribution in [0.3, 0.4) is 0 Å². The number of nitrogens with zero attached hydrogens (tertiary/aromatic N) is 3. The van der Waals surface area contributed by atoms with Gasteiger partial charge in [-0.05, 0) is 18.8 Å². The number of nitrogens with one attached hydrogen (secondary N) is 1. The molecule has 5 nitrogen and oxygen atoms in total. The Kier molecular flexibility index (Phi) is 4.17. The van der Waals surface area contributed by atoms with Gasteiger partial charge >= 0.3 is 0 Å². The first kappa shape index (κ1) is 14.4. The van der Waals surface area contributed by atoms with Crippen molar-refractivity contribution in [3.8, 4) is 16.6 Å². The van der Waals surface area contributed by atoms with Crippen LogP contribution in [0.4, 0.5) is 0 Å². The van der Waals surface area contributed by atoms with E-state index in [0.717, 1.165) is 17.2 Å². The Morgan fingerprint density at radius 3 is 2.86 bits per heavy atom. The summed E-state index contributed by atoms with van der Waals surface area (Å²) >= 11 is 1.71. The first-order valence-corrected chi connectivity index (χ1v) is 8.08. The summed E-state index contributed by atoms with van der Waals surface area (Å²) in [5.41, 5.74) is 1.99. The minimum Gasteiger partial charge on any atom is -0.481 e. The van der Waals surface area contributed by atoms with Crippen LogP contribution in [-0.2, 0) is 6.54 Å². The fraction of sp³-hybridized carbons (Fsp3) is 0.533. The van der Waals surface area contributed by atoms with E-state index in [-0.39, 0.29) is 0 Å². The number of thiazole rings is 1. The number of hydrogen-bond acceptors (Lipinski definition) is 6. The third kappa shape index (κ3) is 3.39. The second-order valence-electron chi connectivity index (χ2n) is 5.58. The molecule has 3 rings (SSSR count). The molecular weight excluding hydrogens is 284 g/mol. The summed E-state index contributed by atoms with van der Waals surface area (Å²) in [7, 11) is 1.61. The third-order valence-corrected chi connectivity index (χ3v) is 4.57. The van der Waals surface area contributed by atoms with Gasteiger partial charge in [-0.1, -0.05) is 13.8 Å². The van der Waals surface area contributed by atoms with Crippen LogP contribution in [0.15, 0.2) is 12.4 Å². The number of hydrogen-bond donors (Lipinski definition) is 1. The molecule has 6 heteroatoms. The van der Waals surface area contributed by atoms with Crippen LogP contribution in [0.5, 0.6) is 5.88 Å². The fourth-order valence-electron chi connectivity index (χ4n) is 2.14. The summed E-state index contributed by atoms with van der Waals surface area (Å²) in [6, 6.07) is 2.54. The van der Waals surface area contributed by atoms with Crippen LogP contribution < -0.4 is 10.1 Å². The lowest BCUT2D eigenvalue weighted by molar-refractivity contribution is 0.397. The van der Waals surface area contributed by atoms with Crippen LogP contribution in [0.25, 0.3) is 10.7 Å². The van der Waals surface area contributed by atoms with E-state index in [4.69, 9.17) is 9.72 Å². The summed E-state index contributed by atoms with van der Waals surface area (Å²) in [6.07, 6.45) is 4.12. The molecule has 1 aliphatic rings. The van der Waals surface area contributed by atoms with Crippen molar-refractivity contribution in [2.24, 2.45) is 0 Å². The average molecular weight is 304 g/mol. The zero-order valence-corrected chi connectivity index (χ0v) is 13.4. The van der Waals surface area contributed by atoms with E-state index in [1.54, 1.807) is 18.4 Å². The highest BCUT2D eigenvalue weighted by atomic mass is 32.1. The second-order valence-corrected chi connectivity index (χ2v) is 6.67. The maximum Gasteiger partial charge on any atom is 0.216 e. The van der Waals surface area contributed by atoms with Gasteiger partial charge in [0, 0.05) is 23.5 Å². The predicted molar refractivity (Wildman–Crippen MR) is 83.6 cm³/mol. The number of methoxy groups -OCH3 is 1. The number of aromatic nitrogens is 3. The molecule has 0 aliphatic heterocycles. The molecule has 0 saturated heterocycles. The Morgan fingerprint density at radius 2 is 2.19 bits per heavy atom. The summed E-state index contributed by atoms with van der Waals surface area (Å²) in [5.74, 6) is 0.980. The Balaban J connectivity index is 1.88. The number of rotatable bonds is 6. The SMILES string of the molecule is COc1cc(-c2nc(C(C)C)c(CNC3CC3)s2)ncn1. The van der Waals surface area contributed by atoms with Gasteiger partial charge in [-0.15, -0.1) is 11.3 Å². The van der Waals surface area contributed by atoms with E-state index in [1.807, 2.05) is 6.07 Å². The van der Waals surface area contributed by atoms with Gasteiger partial charge in [0.25, 0.3) is 0 Å². The highest BCUT2D eigenvalue weighted by molar-refractivity contribution is 7.15. The molecule has 1 fully saturated rings. The molecule has 2 aromatic heterocycles. The molecule has 1 saturated carbocycles. The quantitative estimate of drug-likeness (QED) is 0.889. The molecule has 21 heavy (non-hydrogen) atoms. The predicted octanol–water partition coefficient (Wildman–Crippen LogP) is 2.98. The zero-order chi connectivity index (χ0) is 14.8. The normalized spacial score (nSPS) is 14.7. The first-order chi connectivity index (χ1) is 10.2. The van der Waals surface area contributed by atoms with Crippen LogP contribution in [0.1, 0.15) is 43.2 Å². The van der Waals surface area contributed by atoms with Crippen molar-refractivity contribution < 1.29 is 4.74 Å². The zero-order valence-electron chi connectivity index (χ0n) is 12.6. The lowest BCUT2D eigenvalue weighted by atomic mass is 10.1. The Morgan fingerprint density at radius 1 is 1.38 bits per heavy atom. The number of ether oxygens (including phenoxy) is 1. The van der Waals surface area contributed by atoms with Gasteiger partial charge in [0.1, 0.15) is 17.0 Å². The molecule has 0 bridgehead atoms. The summed E-state index contributed by atoms with van der Waals surface area (Å²) in [5, 5.41) is 4.51. The lowest BCUT2D eigenvalue weighted by Gasteiger charge is -2.05. The van der Waals surface area contributed by atoms with Crippen LogP contribution in [-0.4, -0.2) is 28.1 Å². The maximum atomic E-state index is 5.16. The molecule has 2 aromatic rings. The monoisotopic (exact) mass is 304 g/mol. The van der Waals surface area contributed by atoms with E-state index >= 15 is 0 Å². The van der Waals surface area contributed by atoms with Crippen molar-refractivity contribution in [1.82, 2.24) is 20.3 Å². The average Bonchev–Trinajstić information content (AvgIpc) is 3.22.